The summed E-state index contributed by atoms with van der Waals surface area (Å²) in [5.41, 5.74) is 0.387. The zero-order chi connectivity index (χ0) is 15.2. The standard InChI is InChI=1S/C16H32N2O2/c1-15(2)9-6-13(7-10-15)18-14(20)17-11-5-8-16(3,4)12-19/h13,19H,5-12H2,1-4H3,(H2,17,18,20). The molecule has 0 aromatic rings. The molecule has 118 valence electrons. The predicted octanol–water partition coefficient (Wildman–Crippen LogP) is 3.05. The van der Waals surface area contributed by atoms with E-state index in [-0.39, 0.29) is 18.1 Å². The fourth-order valence-electron chi connectivity index (χ4n) is 2.63. The second-order valence-corrected chi connectivity index (χ2v) is 7.76. The minimum absolute atomic E-state index is 0.0449. The summed E-state index contributed by atoms with van der Waals surface area (Å²) >= 11 is 0. The van der Waals surface area contributed by atoms with Crippen molar-refractivity contribution in [2.45, 2.75) is 72.3 Å². The number of amides is 2. The normalized spacial score (nSPS) is 19.6. The number of aliphatic hydroxyl groups excluding tert-OH is 1. The zero-order valence-electron chi connectivity index (χ0n) is 13.6. The molecule has 0 unspecified atom stereocenters. The Bertz CT molecular complexity index is 304. The molecule has 1 rings (SSSR count). The first-order valence-electron chi connectivity index (χ1n) is 7.89. The van der Waals surface area contributed by atoms with Crippen molar-refractivity contribution in [3.63, 3.8) is 0 Å². The average molecular weight is 284 g/mol. The van der Waals surface area contributed by atoms with E-state index < -0.39 is 0 Å². The third-order valence-electron chi connectivity index (χ3n) is 4.42. The Morgan fingerprint density at radius 3 is 2.45 bits per heavy atom. The van der Waals surface area contributed by atoms with Crippen LogP contribution in [0.4, 0.5) is 4.79 Å². The van der Waals surface area contributed by atoms with Crippen LogP contribution in [0.2, 0.25) is 0 Å². The highest BCUT2D eigenvalue weighted by Gasteiger charge is 2.27. The third-order valence-corrected chi connectivity index (χ3v) is 4.42. The predicted molar refractivity (Wildman–Crippen MR) is 82.7 cm³/mol. The summed E-state index contributed by atoms with van der Waals surface area (Å²) in [6, 6.07) is 0.286. The fraction of sp³-hybridized carbons (Fsp3) is 0.938. The smallest absolute Gasteiger partial charge is 0.315 e. The van der Waals surface area contributed by atoms with E-state index >= 15 is 0 Å². The Balaban J connectivity index is 2.12. The van der Waals surface area contributed by atoms with Crippen LogP contribution in [-0.4, -0.2) is 30.3 Å². The van der Waals surface area contributed by atoms with Gasteiger partial charge < -0.3 is 15.7 Å². The summed E-state index contributed by atoms with van der Waals surface area (Å²) in [6.45, 7) is 9.54. The van der Waals surface area contributed by atoms with Gasteiger partial charge >= 0.3 is 6.03 Å². The minimum Gasteiger partial charge on any atom is -0.396 e. The largest absolute Gasteiger partial charge is 0.396 e. The third kappa shape index (κ3) is 6.60. The Labute approximate surface area is 123 Å². The van der Waals surface area contributed by atoms with Crippen LogP contribution in [-0.2, 0) is 0 Å². The number of urea groups is 1. The van der Waals surface area contributed by atoms with Gasteiger partial charge in [-0.1, -0.05) is 27.7 Å². The Morgan fingerprint density at radius 1 is 1.30 bits per heavy atom. The molecule has 0 atom stereocenters. The van der Waals surface area contributed by atoms with E-state index in [2.05, 4.69) is 24.5 Å². The number of hydrogen-bond acceptors (Lipinski definition) is 2. The molecule has 3 N–H and O–H groups in total. The highest BCUT2D eigenvalue weighted by molar-refractivity contribution is 5.74. The van der Waals surface area contributed by atoms with Crippen LogP contribution < -0.4 is 10.6 Å². The first-order valence-corrected chi connectivity index (χ1v) is 7.89. The van der Waals surface area contributed by atoms with Gasteiger partial charge in [-0.3, -0.25) is 0 Å². The second-order valence-electron chi connectivity index (χ2n) is 7.76. The van der Waals surface area contributed by atoms with Gasteiger partial charge in [-0.05, 0) is 49.4 Å². The lowest BCUT2D eigenvalue weighted by Crippen LogP contribution is -2.44. The monoisotopic (exact) mass is 284 g/mol. The summed E-state index contributed by atoms with van der Waals surface area (Å²) in [5, 5.41) is 15.1. The van der Waals surface area contributed by atoms with Gasteiger partial charge in [0, 0.05) is 19.2 Å². The molecule has 0 heterocycles. The van der Waals surface area contributed by atoms with E-state index in [1.165, 1.54) is 12.8 Å². The van der Waals surface area contributed by atoms with Crippen LogP contribution in [0.1, 0.15) is 66.2 Å². The van der Waals surface area contributed by atoms with Crippen LogP contribution in [0.5, 0.6) is 0 Å². The van der Waals surface area contributed by atoms with Gasteiger partial charge in [-0.25, -0.2) is 4.79 Å². The molecule has 1 aliphatic carbocycles. The molecule has 1 saturated carbocycles. The van der Waals surface area contributed by atoms with E-state index in [1.54, 1.807) is 0 Å². The van der Waals surface area contributed by atoms with Crippen LogP contribution in [0, 0.1) is 10.8 Å². The molecule has 4 nitrogen and oxygen atoms in total. The molecule has 4 heteroatoms. The maximum atomic E-state index is 11.8. The van der Waals surface area contributed by atoms with Gasteiger partial charge in [0.1, 0.15) is 0 Å². The van der Waals surface area contributed by atoms with Crippen molar-refractivity contribution in [3.8, 4) is 0 Å². The van der Waals surface area contributed by atoms with Crippen molar-refractivity contribution in [2.75, 3.05) is 13.2 Å². The van der Waals surface area contributed by atoms with Crippen molar-refractivity contribution >= 4 is 6.03 Å². The lowest BCUT2D eigenvalue weighted by Gasteiger charge is -2.34. The minimum atomic E-state index is -0.0485. The van der Waals surface area contributed by atoms with E-state index in [9.17, 15) is 4.79 Å². The van der Waals surface area contributed by atoms with Crippen LogP contribution in [0.25, 0.3) is 0 Å². The number of carbonyl (C=O) groups is 1. The summed E-state index contributed by atoms with van der Waals surface area (Å²) in [5.74, 6) is 0. The number of carbonyl (C=O) groups excluding carboxylic acids is 1. The lowest BCUT2D eigenvalue weighted by molar-refractivity contribution is 0.148. The summed E-state index contributed by atoms with van der Waals surface area (Å²) in [7, 11) is 0. The van der Waals surface area contributed by atoms with Crippen molar-refractivity contribution in [2.24, 2.45) is 10.8 Å². The highest BCUT2D eigenvalue weighted by atomic mass is 16.3. The molecule has 0 aromatic heterocycles. The first-order chi connectivity index (χ1) is 9.24. The van der Waals surface area contributed by atoms with Crippen molar-refractivity contribution < 1.29 is 9.90 Å². The molecular weight excluding hydrogens is 252 g/mol. The number of nitrogens with one attached hydrogen (secondary N) is 2. The topological polar surface area (TPSA) is 61.4 Å². The molecule has 0 aliphatic heterocycles. The quantitative estimate of drug-likeness (QED) is 0.656. The van der Waals surface area contributed by atoms with Gasteiger partial charge in [0.2, 0.25) is 0 Å². The molecule has 0 saturated heterocycles. The van der Waals surface area contributed by atoms with Gasteiger partial charge in [0.05, 0.1) is 0 Å². The molecule has 2 amide bonds. The van der Waals surface area contributed by atoms with E-state index in [0.717, 1.165) is 25.7 Å². The van der Waals surface area contributed by atoms with Crippen LogP contribution >= 0.6 is 0 Å². The zero-order valence-corrected chi connectivity index (χ0v) is 13.6. The lowest BCUT2D eigenvalue weighted by atomic mass is 9.76. The van der Waals surface area contributed by atoms with Gasteiger partial charge in [0.25, 0.3) is 0 Å². The fourth-order valence-corrected chi connectivity index (χ4v) is 2.63. The maximum Gasteiger partial charge on any atom is 0.315 e. The molecular formula is C16H32N2O2. The highest BCUT2D eigenvalue weighted by Crippen LogP contribution is 2.34. The summed E-state index contributed by atoms with van der Waals surface area (Å²) in [4.78, 5) is 11.8. The summed E-state index contributed by atoms with van der Waals surface area (Å²) < 4.78 is 0. The maximum absolute atomic E-state index is 11.8. The van der Waals surface area contributed by atoms with Gasteiger partial charge in [-0.15, -0.1) is 0 Å². The average Bonchev–Trinajstić information content (AvgIpc) is 2.37. The number of rotatable bonds is 6. The molecule has 20 heavy (non-hydrogen) atoms. The molecule has 0 bridgehead atoms. The number of aliphatic hydroxyl groups is 1. The SMILES string of the molecule is CC(C)(CO)CCCNC(=O)NC1CCC(C)(C)CC1. The molecule has 1 fully saturated rings. The van der Waals surface area contributed by atoms with Gasteiger partial charge in [0.15, 0.2) is 0 Å². The summed E-state index contributed by atoms with van der Waals surface area (Å²) in [6.07, 6.45) is 6.35. The molecule has 0 radical (unpaired) electrons. The van der Waals surface area contributed by atoms with Crippen LogP contribution in [0.3, 0.4) is 0 Å². The van der Waals surface area contributed by atoms with Crippen molar-refractivity contribution in [1.82, 2.24) is 10.6 Å². The molecule has 1 aliphatic rings. The van der Waals surface area contributed by atoms with E-state index in [0.29, 0.717) is 18.0 Å². The molecule has 0 spiro atoms. The van der Waals surface area contributed by atoms with E-state index in [1.807, 2.05) is 13.8 Å². The molecule has 0 aromatic carbocycles. The van der Waals surface area contributed by atoms with Crippen molar-refractivity contribution in [3.05, 3.63) is 0 Å². The second kappa shape index (κ2) is 7.30. The first kappa shape index (κ1) is 17.3. The number of hydrogen-bond donors (Lipinski definition) is 3. The van der Waals surface area contributed by atoms with Crippen molar-refractivity contribution in [1.29, 1.82) is 0 Å². The van der Waals surface area contributed by atoms with Gasteiger partial charge in [-0.2, -0.15) is 0 Å². The van der Waals surface area contributed by atoms with E-state index in [4.69, 9.17) is 5.11 Å². The van der Waals surface area contributed by atoms with Crippen LogP contribution in [0.15, 0.2) is 0 Å². The Hall–Kier alpha value is -0.770. The Kier molecular flexibility index (Phi) is 6.31. The Morgan fingerprint density at radius 2 is 1.90 bits per heavy atom.